The van der Waals surface area contributed by atoms with Gasteiger partial charge in [0.1, 0.15) is 0 Å². The number of aryl methyl sites for hydroxylation is 1. The summed E-state index contributed by atoms with van der Waals surface area (Å²) in [4.78, 5) is 12.0. The van der Waals surface area contributed by atoms with Gasteiger partial charge in [-0.25, -0.2) is 0 Å². The molecule has 2 N–H and O–H groups in total. The van der Waals surface area contributed by atoms with E-state index in [1.807, 2.05) is 12.1 Å². The van der Waals surface area contributed by atoms with Gasteiger partial charge in [0.15, 0.2) is 0 Å². The molecule has 3 nitrogen and oxygen atoms in total. The molecule has 1 aliphatic heterocycles. The second-order valence-corrected chi connectivity index (χ2v) is 4.78. The van der Waals surface area contributed by atoms with Gasteiger partial charge in [0, 0.05) is 12.6 Å². The van der Waals surface area contributed by atoms with E-state index in [1.165, 1.54) is 11.1 Å². The van der Waals surface area contributed by atoms with Crippen LogP contribution in [0.3, 0.4) is 0 Å². The van der Waals surface area contributed by atoms with E-state index in [2.05, 4.69) is 36.6 Å². The Balaban J connectivity index is 1.90. The van der Waals surface area contributed by atoms with E-state index in [0.717, 1.165) is 13.0 Å². The predicted octanol–water partition coefficient (Wildman–Crippen LogP) is 1.61. The fourth-order valence-corrected chi connectivity index (χ4v) is 2.34. The van der Waals surface area contributed by atoms with E-state index in [-0.39, 0.29) is 11.8 Å². The maximum absolute atomic E-state index is 12.0. The second-order valence-electron chi connectivity index (χ2n) is 4.78. The summed E-state index contributed by atoms with van der Waals surface area (Å²) in [7, 11) is 0. The molecule has 2 unspecified atom stereocenters. The zero-order valence-corrected chi connectivity index (χ0v) is 10.5. The van der Waals surface area contributed by atoms with Crippen LogP contribution in [0.4, 0.5) is 0 Å². The van der Waals surface area contributed by atoms with E-state index < -0.39 is 0 Å². The number of nitrogens with one attached hydrogen (secondary N) is 2. The summed E-state index contributed by atoms with van der Waals surface area (Å²) in [5.41, 5.74) is 2.42. The van der Waals surface area contributed by atoms with Crippen molar-refractivity contribution in [2.24, 2.45) is 5.92 Å². The number of carbonyl (C=O) groups excluding carboxylic acids is 1. The average molecular weight is 232 g/mol. The first kappa shape index (κ1) is 12.1. The maximum Gasteiger partial charge on any atom is 0.224 e. The van der Waals surface area contributed by atoms with E-state index in [0.29, 0.717) is 12.6 Å². The Labute approximate surface area is 103 Å². The number of hydrogen-bond acceptors (Lipinski definition) is 2. The fraction of sp³-hybridized carbons (Fsp3) is 0.500. The zero-order chi connectivity index (χ0) is 12.3. The van der Waals surface area contributed by atoms with Crippen molar-refractivity contribution in [3.05, 3.63) is 35.4 Å². The van der Waals surface area contributed by atoms with Crippen molar-refractivity contribution < 1.29 is 4.79 Å². The molecule has 1 saturated heterocycles. The summed E-state index contributed by atoms with van der Waals surface area (Å²) in [5.74, 6) is 0.296. The van der Waals surface area contributed by atoms with Gasteiger partial charge in [-0.2, -0.15) is 0 Å². The number of benzene rings is 1. The minimum Gasteiger partial charge on any atom is -0.352 e. The van der Waals surface area contributed by atoms with Crippen LogP contribution in [0.15, 0.2) is 24.3 Å². The molecule has 1 aliphatic rings. The van der Waals surface area contributed by atoms with Crippen LogP contribution in [0.1, 0.15) is 24.5 Å². The molecule has 3 heteroatoms. The van der Waals surface area contributed by atoms with Gasteiger partial charge in [0.25, 0.3) is 0 Å². The second kappa shape index (κ2) is 5.32. The van der Waals surface area contributed by atoms with Crippen LogP contribution >= 0.6 is 0 Å². The molecule has 0 bridgehead atoms. The Morgan fingerprint density at radius 3 is 2.88 bits per heavy atom. The lowest BCUT2D eigenvalue weighted by Crippen LogP contribution is -2.36. The predicted molar refractivity (Wildman–Crippen MR) is 68.6 cm³/mol. The molecule has 0 saturated carbocycles. The lowest BCUT2D eigenvalue weighted by Gasteiger charge is -2.15. The van der Waals surface area contributed by atoms with Crippen LogP contribution in [0.5, 0.6) is 0 Å². The van der Waals surface area contributed by atoms with E-state index in [9.17, 15) is 4.79 Å². The lowest BCUT2D eigenvalue weighted by molar-refractivity contribution is -0.125. The molecular weight excluding hydrogens is 212 g/mol. The molecule has 1 fully saturated rings. The van der Waals surface area contributed by atoms with Gasteiger partial charge in [-0.1, -0.05) is 24.3 Å². The number of hydrogen-bond donors (Lipinski definition) is 2. The fourth-order valence-electron chi connectivity index (χ4n) is 2.34. The Hall–Kier alpha value is -1.35. The zero-order valence-electron chi connectivity index (χ0n) is 10.5. The van der Waals surface area contributed by atoms with Gasteiger partial charge < -0.3 is 10.6 Å². The highest BCUT2D eigenvalue weighted by molar-refractivity contribution is 5.79. The maximum atomic E-state index is 12.0. The quantitative estimate of drug-likeness (QED) is 0.831. The highest BCUT2D eigenvalue weighted by Gasteiger charge is 2.28. The molecule has 92 valence electrons. The summed E-state index contributed by atoms with van der Waals surface area (Å²) in [5, 5.41) is 6.33. The Morgan fingerprint density at radius 2 is 2.24 bits per heavy atom. The third-order valence-corrected chi connectivity index (χ3v) is 3.58. The minimum absolute atomic E-state index is 0.124. The van der Waals surface area contributed by atoms with Gasteiger partial charge >= 0.3 is 0 Å². The molecule has 1 aromatic rings. The highest BCUT2D eigenvalue weighted by atomic mass is 16.1. The third-order valence-electron chi connectivity index (χ3n) is 3.58. The van der Waals surface area contributed by atoms with Crippen molar-refractivity contribution in [3.63, 3.8) is 0 Å². The number of rotatable bonds is 3. The summed E-state index contributed by atoms with van der Waals surface area (Å²) in [6.45, 7) is 5.73. The van der Waals surface area contributed by atoms with Gasteiger partial charge in [0.2, 0.25) is 5.91 Å². The van der Waals surface area contributed by atoms with Crippen molar-refractivity contribution >= 4 is 5.91 Å². The third kappa shape index (κ3) is 2.86. The molecule has 0 radical (unpaired) electrons. The van der Waals surface area contributed by atoms with Crippen LogP contribution < -0.4 is 10.6 Å². The molecule has 1 aromatic carbocycles. The van der Waals surface area contributed by atoms with E-state index in [1.54, 1.807) is 0 Å². The Kier molecular flexibility index (Phi) is 3.79. The van der Waals surface area contributed by atoms with Gasteiger partial charge in [0.05, 0.1) is 5.92 Å². The van der Waals surface area contributed by atoms with Crippen molar-refractivity contribution in [1.29, 1.82) is 0 Å². The molecule has 1 heterocycles. The summed E-state index contributed by atoms with van der Waals surface area (Å²) >= 11 is 0. The Bertz CT molecular complexity index is 403. The average Bonchev–Trinajstić information content (AvgIpc) is 2.74. The topological polar surface area (TPSA) is 41.1 Å². The van der Waals surface area contributed by atoms with Crippen LogP contribution in [0.2, 0.25) is 0 Å². The number of amides is 1. The van der Waals surface area contributed by atoms with Crippen LogP contribution in [-0.2, 0) is 11.3 Å². The number of carbonyl (C=O) groups is 1. The Morgan fingerprint density at radius 1 is 1.47 bits per heavy atom. The largest absolute Gasteiger partial charge is 0.352 e. The van der Waals surface area contributed by atoms with Crippen LogP contribution in [0, 0.1) is 12.8 Å². The smallest absolute Gasteiger partial charge is 0.224 e. The summed E-state index contributed by atoms with van der Waals surface area (Å²) in [6.07, 6.45) is 0.945. The molecular formula is C14H20N2O. The van der Waals surface area contributed by atoms with Gasteiger partial charge in [-0.15, -0.1) is 0 Å². The SMILES string of the molecule is Cc1ccccc1CNC(=O)C1CCNC1C. The molecule has 0 aromatic heterocycles. The van der Waals surface area contributed by atoms with Crippen molar-refractivity contribution in [1.82, 2.24) is 10.6 Å². The van der Waals surface area contributed by atoms with E-state index in [4.69, 9.17) is 0 Å². The van der Waals surface area contributed by atoms with Crippen molar-refractivity contribution in [3.8, 4) is 0 Å². The van der Waals surface area contributed by atoms with E-state index >= 15 is 0 Å². The summed E-state index contributed by atoms with van der Waals surface area (Å²) in [6, 6.07) is 8.46. The molecule has 2 atom stereocenters. The van der Waals surface area contributed by atoms with Crippen LogP contribution in [-0.4, -0.2) is 18.5 Å². The molecule has 2 rings (SSSR count). The first-order chi connectivity index (χ1) is 8.18. The van der Waals surface area contributed by atoms with Gasteiger partial charge in [-0.3, -0.25) is 4.79 Å². The first-order valence-corrected chi connectivity index (χ1v) is 6.24. The van der Waals surface area contributed by atoms with Gasteiger partial charge in [-0.05, 0) is 37.9 Å². The molecule has 1 amide bonds. The molecule has 0 aliphatic carbocycles. The lowest BCUT2D eigenvalue weighted by atomic mass is 10.0. The standard InChI is InChI=1S/C14H20N2O/c1-10-5-3-4-6-12(10)9-16-14(17)13-7-8-15-11(13)2/h3-6,11,13,15H,7-9H2,1-2H3,(H,16,17). The van der Waals surface area contributed by atoms with Crippen molar-refractivity contribution in [2.45, 2.75) is 32.9 Å². The van der Waals surface area contributed by atoms with Crippen LogP contribution in [0.25, 0.3) is 0 Å². The molecule has 17 heavy (non-hydrogen) atoms. The normalized spacial score (nSPS) is 23.6. The minimum atomic E-state index is 0.124. The monoisotopic (exact) mass is 232 g/mol. The van der Waals surface area contributed by atoms with Crippen molar-refractivity contribution in [2.75, 3.05) is 6.54 Å². The molecule has 0 spiro atoms. The highest BCUT2D eigenvalue weighted by Crippen LogP contribution is 2.15. The first-order valence-electron chi connectivity index (χ1n) is 6.24. The summed E-state index contributed by atoms with van der Waals surface area (Å²) < 4.78 is 0.